The Kier molecular flexibility index (Phi) is 6.86. The Balaban J connectivity index is 1.36. The van der Waals surface area contributed by atoms with Crippen molar-refractivity contribution in [1.29, 1.82) is 0 Å². The number of benzene rings is 3. The van der Waals surface area contributed by atoms with Gasteiger partial charge in [0.05, 0.1) is 10.2 Å². The van der Waals surface area contributed by atoms with E-state index in [4.69, 9.17) is 40.4 Å². The molecule has 3 aromatic carbocycles. The summed E-state index contributed by atoms with van der Waals surface area (Å²) in [5, 5.41) is 7.78. The maximum Gasteiger partial charge on any atom is 0.250 e. The Morgan fingerprint density at radius 3 is 2.59 bits per heavy atom. The van der Waals surface area contributed by atoms with Gasteiger partial charge in [0.2, 0.25) is 5.91 Å². The Morgan fingerprint density at radius 1 is 1.06 bits per heavy atom. The summed E-state index contributed by atoms with van der Waals surface area (Å²) in [6.07, 6.45) is 2.96. The smallest absolute Gasteiger partial charge is 0.250 e. The van der Waals surface area contributed by atoms with Crippen molar-refractivity contribution in [2.75, 3.05) is 5.32 Å². The van der Waals surface area contributed by atoms with E-state index in [0.717, 1.165) is 21.8 Å². The number of nitrogens with one attached hydrogen (secondary N) is 2. The van der Waals surface area contributed by atoms with Gasteiger partial charge >= 0.3 is 0 Å². The third-order valence-electron chi connectivity index (χ3n) is 4.55. The van der Waals surface area contributed by atoms with Crippen LogP contribution in [0, 0.1) is 6.92 Å². The zero-order valence-corrected chi connectivity index (χ0v) is 20.0. The first kappa shape index (κ1) is 22.4. The van der Waals surface area contributed by atoms with E-state index in [-0.39, 0.29) is 11.0 Å². The number of aromatic nitrogens is 1. The van der Waals surface area contributed by atoms with Gasteiger partial charge in [-0.3, -0.25) is 10.1 Å². The van der Waals surface area contributed by atoms with E-state index in [2.05, 4.69) is 29.7 Å². The average molecular weight is 498 g/mol. The minimum absolute atomic E-state index is 0.199. The molecule has 0 aliphatic rings. The summed E-state index contributed by atoms with van der Waals surface area (Å²) in [6.45, 7) is 2.07. The molecule has 0 aliphatic heterocycles. The molecule has 0 saturated heterocycles. The molecule has 4 nitrogen and oxygen atoms in total. The van der Waals surface area contributed by atoms with E-state index < -0.39 is 0 Å². The number of thiocarbonyl (C=S) groups is 1. The molecule has 0 fully saturated rings. The number of hydrogen-bond donors (Lipinski definition) is 2. The summed E-state index contributed by atoms with van der Waals surface area (Å²) in [4.78, 5) is 16.8. The Hall–Kier alpha value is -2.77. The van der Waals surface area contributed by atoms with Gasteiger partial charge in [-0.15, -0.1) is 11.3 Å². The van der Waals surface area contributed by atoms with Crippen LogP contribution in [-0.2, 0) is 4.79 Å². The lowest BCUT2D eigenvalue weighted by Gasteiger charge is -2.08. The molecule has 0 unspecified atom stereocenters. The van der Waals surface area contributed by atoms with Crippen molar-refractivity contribution < 1.29 is 4.79 Å². The number of carbonyl (C=O) groups is 1. The molecular weight excluding hydrogens is 481 g/mol. The molecule has 4 rings (SSSR count). The maximum atomic E-state index is 12.1. The second kappa shape index (κ2) is 9.79. The zero-order valence-electron chi connectivity index (χ0n) is 16.9. The molecule has 2 N–H and O–H groups in total. The number of nitrogens with zero attached hydrogens (tertiary/aromatic N) is 1. The van der Waals surface area contributed by atoms with Crippen molar-refractivity contribution >= 4 is 79.8 Å². The van der Waals surface area contributed by atoms with Gasteiger partial charge in [0.15, 0.2) is 5.11 Å². The number of thiazole rings is 1. The molecule has 0 radical (unpaired) electrons. The van der Waals surface area contributed by atoms with Crippen LogP contribution in [0.2, 0.25) is 10.0 Å². The molecule has 1 heterocycles. The Morgan fingerprint density at radius 2 is 1.84 bits per heavy atom. The van der Waals surface area contributed by atoms with E-state index in [0.29, 0.717) is 15.6 Å². The maximum absolute atomic E-state index is 12.1. The Labute approximate surface area is 204 Å². The lowest BCUT2D eigenvalue weighted by Crippen LogP contribution is -2.32. The quantitative estimate of drug-likeness (QED) is 0.233. The highest BCUT2D eigenvalue weighted by atomic mass is 35.5. The highest BCUT2D eigenvalue weighted by molar-refractivity contribution is 7.80. The predicted molar refractivity (Wildman–Crippen MR) is 140 cm³/mol. The van der Waals surface area contributed by atoms with Gasteiger partial charge < -0.3 is 5.32 Å². The number of carbonyl (C=O) groups excluding carboxylic acids is 1. The fourth-order valence-corrected chi connectivity index (χ4v) is 4.73. The minimum Gasteiger partial charge on any atom is -0.332 e. The van der Waals surface area contributed by atoms with Gasteiger partial charge in [-0.25, -0.2) is 4.98 Å². The molecule has 0 aliphatic carbocycles. The fraction of sp³-hybridized carbons (Fsp3) is 0.0417. The molecule has 4 aromatic rings. The number of amides is 1. The number of halogens is 2. The summed E-state index contributed by atoms with van der Waals surface area (Å²) >= 11 is 18.9. The van der Waals surface area contributed by atoms with Gasteiger partial charge in [-0.1, -0.05) is 35.3 Å². The van der Waals surface area contributed by atoms with Crippen LogP contribution in [0.3, 0.4) is 0 Å². The third kappa shape index (κ3) is 5.53. The topological polar surface area (TPSA) is 54.0 Å². The minimum atomic E-state index is -0.366. The monoisotopic (exact) mass is 497 g/mol. The van der Waals surface area contributed by atoms with Crippen LogP contribution in [0.4, 0.5) is 5.69 Å². The van der Waals surface area contributed by atoms with E-state index in [1.807, 2.05) is 30.3 Å². The van der Waals surface area contributed by atoms with Gasteiger partial charge in [0, 0.05) is 27.4 Å². The van der Waals surface area contributed by atoms with Crippen LogP contribution >= 0.6 is 46.8 Å². The molecule has 1 amide bonds. The van der Waals surface area contributed by atoms with Crippen molar-refractivity contribution in [3.63, 3.8) is 0 Å². The van der Waals surface area contributed by atoms with Crippen molar-refractivity contribution in [3.8, 4) is 10.6 Å². The van der Waals surface area contributed by atoms with Gasteiger partial charge in [0.1, 0.15) is 5.01 Å². The molecule has 0 spiro atoms. The largest absolute Gasteiger partial charge is 0.332 e. The SMILES string of the molecule is Cc1ccc2nc(-c3ccc(NC(=S)NC(=O)C=Cc4ccc(Cl)cc4Cl)cc3)sc2c1. The first-order chi connectivity index (χ1) is 15.4. The van der Waals surface area contributed by atoms with Crippen molar-refractivity contribution in [1.82, 2.24) is 10.3 Å². The molecule has 0 bridgehead atoms. The molecule has 32 heavy (non-hydrogen) atoms. The molecular formula is C24H17Cl2N3OS2. The average Bonchev–Trinajstić information content (AvgIpc) is 3.16. The first-order valence-electron chi connectivity index (χ1n) is 9.60. The van der Waals surface area contributed by atoms with Gasteiger partial charge in [0.25, 0.3) is 0 Å². The number of anilines is 1. The number of fused-ring (bicyclic) bond motifs is 1. The van der Waals surface area contributed by atoms with Crippen LogP contribution in [0.15, 0.2) is 66.7 Å². The van der Waals surface area contributed by atoms with Crippen LogP contribution in [0.25, 0.3) is 26.9 Å². The molecule has 8 heteroatoms. The van der Waals surface area contributed by atoms with Gasteiger partial charge in [-0.2, -0.15) is 0 Å². The third-order valence-corrected chi connectivity index (χ3v) is 6.38. The fourth-order valence-electron chi connectivity index (χ4n) is 2.97. The number of aryl methyl sites for hydroxylation is 1. The van der Waals surface area contributed by atoms with Crippen LogP contribution in [0.1, 0.15) is 11.1 Å². The predicted octanol–water partition coefficient (Wildman–Crippen LogP) is 7.10. The number of hydrogen-bond acceptors (Lipinski definition) is 4. The molecule has 1 aromatic heterocycles. The Bertz CT molecular complexity index is 1350. The lowest BCUT2D eigenvalue weighted by molar-refractivity contribution is -0.115. The van der Waals surface area contributed by atoms with Crippen LogP contribution in [-0.4, -0.2) is 16.0 Å². The van der Waals surface area contributed by atoms with E-state index >= 15 is 0 Å². The highest BCUT2D eigenvalue weighted by Crippen LogP contribution is 2.31. The van der Waals surface area contributed by atoms with E-state index in [1.165, 1.54) is 16.3 Å². The molecule has 0 saturated carbocycles. The van der Waals surface area contributed by atoms with Crippen molar-refractivity contribution in [2.45, 2.75) is 6.92 Å². The zero-order chi connectivity index (χ0) is 22.7. The summed E-state index contributed by atoms with van der Waals surface area (Å²) in [5.41, 5.74) is 4.68. The van der Waals surface area contributed by atoms with Crippen LogP contribution in [0.5, 0.6) is 0 Å². The highest BCUT2D eigenvalue weighted by Gasteiger charge is 2.08. The van der Waals surface area contributed by atoms with E-state index in [1.54, 1.807) is 35.6 Å². The van der Waals surface area contributed by atoms with Crippen molar-refractivity contribution in [2.24, 2.45) is 0 Å². The second-order valence-electron chi connectivity index (χ2n) is 7.01. The second-order valence-corrected chi connectivity index (χ2v) is 9.29. The lowest BCUT2D eigenvalue weighted by atomic mass is 10.2. The standard InChI is InChI=1S/C24H17Cl2N3OS2/c1-14-2-10-20-21(12-14)32-23(28-20)16-4-8-18(9-5-16)27-24(31)29-22(30)11-6-15-3-7-17(25)13-19(15)26/h2-13H,1H3,(H2,27,29,30,31). The van der Waals surface area contributed by atoms with Crippen molar-refractivity contribution in [3.05, 3.63) is 87.9 Å². The molecule has 160 valence electrons. The summed E-state index contributed by atoms with van der Waals surface area (Å²) in [5.74, 6) is -0.366. The van der Waals surface area contributed by atoms with Crippen LogP contribution < -0.4 is 10.6 Å². The normalized spacial score (nSPS) is 11.1. The van der Waals surface area contributed by atoms with Gasteiger partial charge in [-0.05, 0) is 84.9 Å². The summed E-state index contributed by atoms with van der Waals surface area (Å²) in [6, 6.07) is 19.0. The summed E-state index contributed by atoms with van der Waals surface area (Å²) in [7, 11) is 0. The first-order valence-corrected chi connectivity index (χ1v) is 11.6. The molecule has 0 atom stereocenters. The summed E-state index contributed by atoms with van der Waals surface area (Å²) < 4.78 is 1.17. The van der Waals surface area contributed by atoms with E-state index in [9.17, 15) is 4.79 Å². The number of rotatable bonds is 4.